The van der Waals surface area contributed by atoms with E-state index in [0.29, 0.717) is 22.1 Å². The van der Waals surface area contributed by atoms with Crippen molar-refractivity contribution in [1.29, 1.82) is 0 Å². The van der Waals surface area contributed by atoms with E-state index in [-0.39, 0.29) is 5.91 Å². The maximum absolute atomic E-state index is 12.7. The molecule has 4 rings (SSSR count). The van der Waals surface area contributed by atoms with Gasteiger partial charge in [-0.1, -0.05) is 48.0 Å². The van der Waals surface area contributed by atoms with E-state index in [2.05, 4.69) is 15.3 Å². The molecule has 0 saturated heterocycles. The van der Waals surface area contributed by atoms with Crippen LogP contribution in [0.4, 0.5) is 5.95 Å². The Balaban J connectivity index is 1.65. The summed E-state index contributed by atoms with van der Waals surface area (Å²) in [5.74, 6) is 0.127. The molecule has 0 bridgehead atoms. The number of halogens is 1. The van der Waals surface area contributed by atoms with Gasteiger partial charge in [-0.3, -0.25) is 15.1 Å². The highest BCUT2D eigenvalue weighted by Crippen LogP contribution is 2.24. The quantitative estimate of drug-likeness (QED) is 0.582. The summed E-state index contributed by atoms with van der Waals surface area (Å²) in [6, 6.07) is 17.0. The third-order valence-corrected chi connectivity index (χ3v) is 4.42. The molecule has 4 aromatic rings. The molecule has 1 amide bonds. The number of nitrogens with zero attached hydrogens (tertiary/aromatic N) is 3. The zero-order valence-corrected chi connectivity index (χ0v) is 14.7. The average molecular weight is 363 g/mol. The van der Waals surface area contributed by atoms with E-state index in [1.807, 2.05) is 55.7 Å². The number of pyridine rings is 1. The van der Waals surface area contributed by atoms with E-state index < -0.39 is 0 Å². The molecular formula is C20H15ClN4O. The van der Waals surface area contributed by atoms with Crippen molar-refractivity contribution in [2.45, 2.75) is 0 Å². The number of carbonyl (C=O) groups excluding carboxylic acids is 1. The van der Waals surface area contributed by atoms with Crippen LogP contribution >= 0.6 is 11.6 Å². The Morgan fingerprint density at radius 3 is 2.73 bits per heavy atom. The molecule has 0 fully saturated rings. The number of nitrogens with one attached hydrogen (secondary N) is 1. The molecule has 1 N–H and O–H groups in total. The molecule has 2 aromatic carbocycles. The number of rotatable bonds is 3. The van der Waals surface area contributed by atoms with Gasteiger partial charge in [-0.05, 0) is 18.2 Å². The van der Waals surface area contributed by atoms with Crippen LogP contribution < -0.4 is 5.32 Å². The van der Waals surface area contributed by atoms with Gasteiger partial charge >= 0.3 is 0 Å². The van der Waals surface area contributed by atoms with Crippen LogP contribution in [0.1, 0.15) is 10.4 Å². The van der Waals surface area contributed by atoms with Crippen molar-refractivity contribution in [2.24, 2.45) is 7.05 Å². The van der Waals surface area contributed by atoms with Crippen molar-refractivity contribution in [3.05, 3.63) is 77.6 Å². The lowest BCUT2D eigenvalue weighted by atomic mass is 10.1. The Morgan fingerprint density at radius 2 is 1.92 bits per heavy atom. The molecule has 0 aliphatic carbocycles. The predicted molar refractivity (Wildman–Crippen MR) is 103 cm³/mol. The summed E-state index contributed by atoms with van der Waals surface area (Å²) in [5, 5.41) is 4.08. The van der Waals surface area contributed by atoms with Crippen molar-refractivity contribution in [1.82, 2.24) is 14.5 Å². The summed E-state index contributed by atoms with van der Waals surface area (Å²) in [7, 11) is 1.83. The number of fused-ring (bicyclic) bond motifs is 1. The zero-order chi connectivity index (χ0) is 18.1. The summed E-state index contributed by atoms with van der Waals surface area (Å²) in [6.07, 6.45) is 3.55. The molecule has 0 saturated carbocycles. The van der Waals surface area contributed by atoms with Crippen molar-refractivity contribution in [3.8, 4) is 11.3 Å². The second-order valence-corrected chi connectivity index (χ2v) is 6.32. The van der Waals surface area contributed by atoms with Crippen molar-refractivity contribution < 1.29 is 4.79 Å². The van der Waals surface area contributed by atoms with Gasteiger partial charge < -0.3 is 4.57 Å². The number of benzene rings is 2. The lowest BCUT2D eigenvalue weighted by molar-refractivity contribution is 0.102. The lowest BCUT2D eigenvalue weighted by Gasteiger charge is -2.07. The highest BCUT2D eigenvalue weighted by Gasteiger charge is 2.15. The number of carbonyl (C=O) groups is 1. The van der Waals surface area contributed by atoms with Gasteiger partial charge in [0.25, 0.3) is 5.91 Å². The Kier molecular flexibility index (Phi) is 4.14. The number of amides is 1. The molecule has 0 atom stereocenters. The van der Waals surface area contributed by atoms with Crippen molar-refractivity contribution in [3.63, 3.8) is 0 Å². The zero-order valence-electron chi connectivity index (χ0n) is 14.0. The standard InChI is InChI=1S/C20H15ClN4O/c1-25-12-18(13-6-3-2-4-7-13)23-20(25)24-19(26)15-11-17-14(10-16(15)21)8-5-9-22-17/h2-12H,1H3,(H,23,24,26). The van der Waals surface area contributed by atoms with Gasteiger partial charge in [0.05, 0.1) is 21.8 Å². The van der Waals surface area contributed by atoms with E-state index in [9.17, 15) is 4.79 Å². The maximum Gasteiger partial charge on any atom is 0.259 e. The van der Waals surface area contributed by atoms with E-state index >= 15 is 0 Å². The predicted octanol–water partition coefficient (Wildman–Crippen LogP) is 4.54. The highest BCUT2D eigenvalue weighted by molar-refractivity contribution is 6.35. The third-order valence-electron chi connectivity index (χ3n) is 4.11. The van der Waals surface area contributed by atoms with Crippen LogP contribution in [0.25, 0.3) is 22.2 Å². The maximum atomic E-state index is 12.7. The van der Waals surface area contributed by atoms with Gasteiger partial charge in [0, 0.05) is 30.4 Å². The van der Waals surface area contributed by atoms with Gasteiger partial charge in [0.15, 0.2) is 0 Å². The number of hydrogen-bond donors (Lipinski definition) is 1. The fourth-order valence-electron chi connectivity index (χ4n) is 2.77. The number of anilines is 1. The summed E-state index contributed by atoms with van der Waals surface area (Å²) in [4.78, 5) is 21.5. The van der Waals surface area contributed by atoms with Crippen molar-refractivity contribution in [2.75, 3.05) is 5.32 Å². The molecule has 2 heterocycles. The van der Waals surface area contributed by atoms with Gasteiger partial charge in [-0.25, -0.2) is 4.98 Å². The van der Waals surface area contributed by atoms with Crippen LogP contribution in [-0.2, 0) is 7.05 Å². The fourth-order valence-corrected chi connectivity index (χ4v) is 3.02. The summed E-state index contributed by atoms with van der Waals surface area (Å²) >= 11 is 6.29. The van der Waals surface area contributed by atoms with Gasteiger partial charge in [-0.2, -0.15) is 0 Å². The van der Waals surface area contributed by atoms with Crippen molar-refractivity contribution >= 4 is 34.4 Å². The number of aromatic nitrogens is 3. The molecule has 6 heteroatoms. The van der Waals surface area contributed by atoms with Crippen LogP contribution in [0.5, 0.6) is 0 Å². The topological polar surface area (TPSA) is 59.8 Å². The Hall–Kier alpha value is -3.18. The van der Waals surface area contributed by atoms with Crippen LogP contribution in [0.2, 0.25) is 5.02 Å². The SMILES string of the molecule is Cn1cc(-c2ccccc2)nc1NC(=O)c1cc2ncccc2cc1Cl. The molecule has 0 aliphatic heterocycles. The second kappa shape index (κ2) is 6.61. The average Bonchev–Trinajstić information content (AvgIpc) is 3.02. The molecule has 0 unspecified atom stereocenters. The van der Waals surface area contributed by atoms with E-state index in [1.165, 1.54) is 0 Å². The van der Waals surface area contributed by atoms with Gasteiger partial charge in [0.2, 0.25) is 5.95 Å². The summed E-state index contributed by atoms with van der Waals surface area (Å²) < 4.78 is 1.77. The first kappa shape index (κ1) is 16.3. The Morgan fingerprint density at radius 1 is 1.12 bits per heavy atom. The largest absolute Gasteiger partial charge is 0.320 e. The van der Waals surface area contributed by atoms with Crippen LogP contribution in [0.3, 0.4) is 0 Å². The molecular weight excluding hydrogens is 348 g/mol. The summed E-state index contributed by atoms with van der Waals surface area (Å²) in [6.45, 7) is 0. The van der Waals surface area contributed by atoms with Crippen LogP contribution in [0.15, 0.2) is 67.0 Å². The minimum absolute atomic E-state index is 0.323. The first-order chi connectivity index (χ1) is 12.6. The smallest absolute Gasteiger partial charge is 0.259 e. The monoisotopic (exact) mass is 362 g/mol. The molecule has 0 radical (unpaired) electrons. The van der Waals surface area contributed by atoms with E-state index in [0.717, 1.165) is 16.6 Å². The highest BCUT2D eigenvalue weighted by atomic mass is 35.5. The minimum Gasteiger partial charge on any atom is -0.320 e. The number of hydrogen-bond acceptors (Lipinski definition) is 3. The minimum atomic E-state index is -0.323. The third kappa shape index (κ3) is 3.05. The Labute approximate surface area is 155 Å². The number of aryl methyl sites for hydroxylation is 1. The second-order valence-electron chi connectivity index (χ2n) is 5.91. The van der Waals surface area contributed by atoms with E-state index in [4.69, 9.17) is 11.6 Å². The normalized spacial score (nSPS) is 10.8. The lowest BCUT2D eigenvalue weighted by Crippen LogP contribution is -2.15. The molecule has 2 aromatic heterocycles. The first-order valence-electron chi connectivity index (χ1n) is 8.06. The van der Waals surface area contributed by atoms with Gasteiger partial charge in [-0.15, -0.1) is 0 Å². The first-order valence-corrected chi connectivity index (χ1v) is 8.44. The molecule has 0 spiro atoms. The van der Waals surface area contributed by atoms with Gasteiger partial charge in [0.1, 0.15) is 0 Å². The van der Waals surface area contributed by atoms with Crippen LogP contribution in [0, 0.1) is 0 Å². The van der Waals surface area contributed by atoms with Crippen LogP contribution in [-0.4, -0.2) is 20.4 Å². The molecule has 26 heavy (non-hydrogen) atoms. The van der Waals surface area contributed by atoms with E-state index in [1.54, 1.807) is 22.9 Å². The molecule has 0 aliphatic rings. The summed E-state index contributed by atoms with van der Waals surface area (Å²) in [5.41, 5.74) is 2.85. The Bertz CT molecular complexity index is 1110. The fraction of sp³-hybridized carbons (Fsp3) is 0.0500. The molecule has 128 valence electrons. The molecule has 5 nitrogen and oxygen atoms in total. The number of imidazole rings is 1.